The molecule has 1 aliphatic carbocycles. The Morgan fingerprint density at radius 1 is 1.12 bits per heavy atom. The highest BCUT2D eigenvalue weighted by Crippen LogP contribution is 2.18. The minimum absolute atomic E-state index is 0.00000131. The number of aromatic nitrogens is 2. The van der Waals surface area contributed by atoms with Gasteiger partial charge in [-0.3, -0.25) is 14.6 Å². The average Bonchev–Trinajstić information content (AvgIpc) is 3.46. The third-order valence-electron chi connectivity index (χ3n) is 4.35. The SMILES string of the molecule is Cc1cnc(C(=O)N(CCC(=O)NC2CC2)CCc2ccccc2)cn1. The van der Waals surface area contributed by atoms with E-state index in [9.17, 15) is 9.59 Å². The number of carbonyl (C=O) groups excluding carboxylic acids is 2. The molecule has 1 aliphatic rings. The van der Waals surface area contributed by atoms with E-state index in [0.717, 1.165) is 30.5 Å². The van der Waals surface area contributed by atoms with Gasteiger partial charge in [-0.2, -0.15) is 0 Å². The molecule has 0 atom stereocenters. The van der Waals surface area contributed by atoms with Crippen molar-refractivity contribution in [3.63, 3.8) is 0 Å². The number of nitrogens with one attached hydrogen (secondary N) is 1. The lowest BCUT2D eigenvalue weighted by atomic mass is 10.1. The van der Waals surface area contributed by atoms with Gasteiger partial charge in [-0.15, -0.1) is 0 Å². The van der Waals surface area contributed by atoms with Gasteiger partial charge in [-0.1, -0.05) is 30.3 Å². The lowest BCUT2D eigenvalue weighted by Crippen LogP contribution is -2.37. The van der Waals surface area contributed by atoms with Gasteiger partial charge in [0.05, 0.1) is 11.9 Å². The van der Waals surface area contributed by atoms with Gasteiger partial charge in [0.25, 0.3) is 5.91 Å². The van der Waals surface area contributed by atoms with Crippen molar-refractivity contribution in [3.8, 4) is 0 Å². The van der Waals surface area contributed by atoms with Gasteiger partial charge in [-0.25, -0.2) is 4.98 Å². The fourth-order valence-corrected chi connectivity index (χ4v) is 2.65. The number of aryl methyl sites for hydroxylation is 1. The molecule has 3 rings (SSSR count). The van der Waals surface area contributed by atoms with Crippen LogP contribution in [-0.4, -0.2) is 45.8 Å². The fraction of sp³-hybridized carbons (Fsp3) is 0.400. The van der Waals surface area contributed by atoms with E-state index in [2.05, 4.69) is 15.3 Å². The van der Waals surface area contributed by atoms with Gasteiger partial charge in [0, 0.05) is 31.7 Å². The topological polar surface area (TPSA) is 75.2 Å². The van der Waals surface area contributed by atoms with Crippen molar-refractivity contribution in [2.45, 2.75) is 38.6 Å². The smallest absolute Gasteiger partial charge is 0.274 e. The summed E-state index contributed by atoms with van der Waals surface area (Å²) in [5.41, 5.74) is 2.23. The Hall–Kier alpha value is -2.76. The molecule has 1 fully saturated rings. The summed E-state index contributed by atoms with van der Waals surface area (Å²) in [6, 6.07) is 10.3. The predicted octanol–water partition coefficient (Wildman–Crippen LogP) is 2.14. The van der Waals surface area contributed by atoms with Crippen molar-refractivity contribution >= 4 is 11.8 Å². The average molecular weight is 352 g/mol. The van der Waals surface area contributed by atoms with Crippen LogP contribution in [0.5, 0.6) is 0 Å². The summed E-state index contributed by atoms with van der Waals surface area (Å²) < 4.78 is 0. The maximum absolute atomic E-state index is 12.8. The molecular weight excluding hydrogens is 328 g/mol. The van der Waals surface area contributed by atoms with E-state index in [4.69, 9.17) is 0 Å². The van der Waals surface area contributed by atoms with Crippen molar-refractivity contribution in [2.75, 3.05) is 13.1 Å². The molecule has 1 heterocycles. The van der Waals surface area contributed by atoms with Crippen LogP contribution >= 0.6 is 0 Å². The zero-order valence-corrected chi connectivity index (χ0v) is 15.0. The van der Waals surface area contributed by atoms with Gasteiger partial charge >= 0.3 is 0 Å². The molecule has 1 aromatic carbocycles. The molecule has 0 aliphatic heterocycles. The molecule has 1 saturated carbocycles. The van der Waals surface area contributed by atoms with Crippen LogP contribution in [0.25, 0.3) is 0 Å². The van der Waals surface area contributed by atoms with E-state index in [1.807, 2.05) is 37.3 Å². The van der Waals surface area contributed by atoms with E-state index in [1.54, 1.807) is 11.1 Å². The van der Waals surface area contributed by atoms with E-state index < -0.39 is 0 Å². The Kier molecular flexibility index (Phi) is 5.94. The highest BCUT2D eigenvalue weighted by Gasteiger charge is 2.24. The molecule has 6 heteroatoms. The number of hydrogen-bond acceptors (Lipinski definition) is 4. The summed E-state index contributed by atoms with van der Waals surface area (Å²) in [7, 11) is 0. The molecule has 2 amide bonds. The van der Waals surface area contributed by atoms with E-state index in [1.165, 1.54) is 6.20 Å². The maximum atomic E-state index is 12.8. The van der Waals surface area contributed by atoms with Crippen molar-refractivity contribution in [1.29, 1.82) is 0 Å². The maximum Gasteiger partial charge on any atom is 0.274 e. The fourth-order valence-electron chi connectivity index (χ4n) is 2.65. The van der Waals surface area contributed by atoms with Crippen LogP contribution in [0.1, 0.15) is 41.0 Å². The largest absolute Gasteiger partial charge is 0.353 e. The number of amides is 2. The second-order valence-electron chi connectivity index (χ2n) is 6.66. The number of benzene rings is 1. The number of hydrogen-bond donors (Lipinski definition) is 1. The molecule has 0 bridgehead atoms. The first-order chi connectivity index (χ1) is 12.6. The molecular formula is C20H24N4O2. The molecule has 0 radical (unpaired) electrons. The van der Waals surface area contributed by atoms with Gasteiger partial charge in [0.15, 0.2) is 0 Å². The Balaban J connectivity index is 1.63. The second-order valence-corrected chi connectivity index (χ2v) is 6.66. The highest BCUT2D eigenvalue weighted by molar-refractivity contribution is 5.92. The van der Waals surface area contributed by atoms with Crippen LogP contribution in [-0.2, 0) is 11.2 Å². The van der Waals surface area contributed by atoms with Gasteiger partial charge in [0.1, 0.15) is 5.69 Å². The summed E-state index contributed by atoms with van der Waals surface area (Å²) in [5.74, 6) is -0.187. The van der Waals surface area contributed by atoms with E-state index in [0.29, 0.717) is 31.2 Å². The first-order valence-electron chi connectivity index (χ1n) is 9.03. The molecule has 0 unspecified atom stereocenters. The molecule has 1 N–H and O–H groups in total. The molecule has 0 saturated heterocycles. The Morgan fingerprint density at radius 2 is 1.88 bits per heavy atom. The van der Waals surface area contributed by atoms with E-state index in [-0.39, 0.29) is 11.8 Å². The summed E-state index contributed by atoms with van der Waals surface area (Å²) in [6.07, 6.45) is 6.23. The van der Waals surface area contributed by atoms with Crippen molar-refractivity contribution in [2.24, 2.45) is 0 Å². The van der Waals surface area contributed by atoms with Gasteiger partial charge in [0.2, 0.25) is 5.91 Å². The van der Waals surface area contributed by atoms with Crippen LogP contribution in [0.4, 0.5) is 0 Å². The Labute approximate surface area is 153 Å². The van der Waals surface area contributed by atoms with Crippen molar-refractivity contribution < 1.29 is 9.59 Å². The zero-order valence-electron chi connectivity index (χ0n) is 15.0. The first-order valence-corrected chi connectivity index (χ1v) is 9.03. The minimum Gasteiger partial charge on any atom is -0.353 e. The third kappa shape index (κ3) is 5.37. The third-order valence-corrected chi connectivity index (χ3v) is 4.35. The minimum atomic E-state index is -0.187. The summed E-state index contributed by atoms with van der Waals surface area (Å²) in [5, 5.41) is 2.96. The molecule has 2 aromatic rings. The van der Waals surface area contributed by atoms with E-state index >= 15 is 0 Å². The Bertz CT molecular complexity index is 742. The van der Waals surface area contributed by atoms with Crippen LogP contribution in [0.3, 0.4) is 0 Å². The Morgan fingerprint density at radius 3 is 2.54 bits per heavy atom. The van der Waals surface area contributed by atoms with Gasteiger partial charge in [-0.05, 0) is 31.7 Å². The quantitative estimate of drug-likeness (QED) is 0.790. The summed E-state index contributed by atoms with van der Waals surface area (Å²) in [4.78, 5) is 34.8. The number of nitrogens with zero attached hydrogens (tertiary/aromatic N) is 3. The standard InChI is InChI=1S/C20H24N4O2/c1-15-13-22-18(14-21-15)20(26)24(11-9-16-5-3-2-4-6-16)12-10-19(25)23-17-7-8-17/h2-6,13-14,17H,7-12H2,1H3,(H,23,25). The van der Waals surface area contributed by atoms with Crippen LogP contribution in [0, 0.1) is 6.92 Å². The monoisotopic (exact) mass is 352 g/mol. The van der Waals surface area contributed by atoms with Crippen LogP contribution in [0.2, 0.25) is 0 Å². The van der Waals surface area contributed by atoms with Crippen molar-refractivity contribution in [1.82, 2.24) is 20.2 Å². The lowest BCUT2D eigenvalue weighted by Gasteiger charge is -2.22. The molecule has 26 heavy (non-hydrogen) atoms. The number of carbonyl (C=O) groups is 2. The normalized spacial score (nSPS) is 13.3. The highest BCUT2D eigenvalue weighted by atomic mass is 16.2. The molecule has 0 spiro atoms. The lowest BCUT2D eigenvalue weighted by molar-refractivity contribution is -0.121. The molecule has 1 aromatic heterocycles. The second kappa shape index (κ2) is 8.56. The van der Waals surface area contributed by atoms with Gasteiger partial charge < -0.3 is 10.2 Å². The summed E-state index contributed by atoms with van der Waals surface area (Å²) >= 11 is 0. The first kappa shape index (κ1) is 18.0. The van der Waals surface area contributed by atoms with Crippen LogP contribution in [0.15, 0.2) is 42.7 Å². The van der Waals surface area contributed by atoms with Crippen molar-refractivity contribution in [3.05, 3.63) is 59.7 Å². The predicted molar refractivity (Wildman–Crippen MR) is 98.6 cm³/mol. The zero-order chi connectivity index (χ0) is 18.4. The molecule has 136 valence electrons. The summed E-state index contributed by atoms with van der Waals surface area (Å²) in [6.45, 7) is 2.74. The molecule has 6 nitrogen and oxygen atoms in total. The van der Waals surface area contributed by atoms with Crippen LogP contribution < -0.4 is 5.32 Å². The number of rotatable bonds is 8.